The van der Waals surface area contributed by atoms with Crippen LogP contribution in [0.4, 0.5) is 0 Å². The number of hydrogen-bond acceptors (Lipinski definition) is 4. The first kappa shape index (κ1) is 27.4. The van der Waals surface area contributed by atoms with Crippen molar-refractivity contribution in [1.82, 2.24) is 15.5 Å². The van der Waals surface area contributed by atoms with Gasteiger partial charge in [0.25, 0.3) is 0 Å². The molecule has 6 nitrogen and oxygen atoms in total. The second kappa shape index (κ2) is 13.7. The van der Waals surface area contributed by atoms with Crippen LogP contribution >= 0.6 is 24.0 Å². The van der Waals surface area contributed by atoms with Gasteiger partial charge in [-0.15, -0.1) is 24.0 Å². The van der Waals surface area contributed by atoms with Crippen LogP contribution in [0.25, 0.3) is 0 Å². The molecule has 32 heavy (non-hydrogen) atoms. The summed E-state index contributed by atoms with van der Waals surface area (Å²) in [5.74, 6) is 2.57. The van der Waals surface area contributed by atoms with Crippen molar-refractivity contribution in [3.8, 4) is 0 Å². The van der Waals surface area contributed by atoms with Crippen molar-refractivity contribution in [3.63, 3.8) is 0 Å². The van der Waals surface area contributed by atoms with E-state index in [4.69, 9.17) is 4.99 Å². The van der Waals surface area contributed by atoms with E-state index in [9.17, 15) is 8.42 Å². The first-order valence-corrected chi connectivity index (χ1v) is 14.0. The first-order valence-electron chi connectivity index (χ1n) is 11.9. The minimum atomic E-state index is -2.89. The lowest BCUT2D eigenvalue weighted by atomic mass is 9.79. The van der Waals surface area contributed by atoms with Crippen molar-refractivity contribution in [2.24, 2.45) is 10.9 Å². The minimum absolute atomic E-state index is 0. The monoisotopic (exact) mass is 576 g/mol. The van der Waals surface area contributed by atoms with Crippen LogP contribution in [0.2, 0.25) is 0 Å². The molecule has 2 N–H and O–H groups in total. The molecule has 2 aliphatic rings. The minimum Gasteiger partial charge on any atom is -0.357 e. The molecule has 0 radical (unpaired) electrons. The third-order valence-corrected chi connectivity index (χ3v) is 7.60. The van der Waals surface area contributed by atoms with Crippen molar-refractivity contribution in [2.45, 2.75) is 57.4 Å². The van der Waals surface area contributed by atoms with Gasteiger partial charge in [0, 0.05) is 45.0 Å². The summed E-state index contributed by atoms with van der Waals surface area (Å²) in [5.41, 5.74) is 1.49. The predicted octanol–water partition coefficient (Wildman–Crippen LogP) is 3.64. The molecule has 2 fully saturated rings. The molecule has 1 saturated carbocycles. The van der Waals surface area contributed by atoms with E-state index in [0.29, 0.717) is 24.4 Å². The van der Waals surface area contributed by atoms with E-state index in [1.807, 2.05) is 0 Å². The molecule has 8 heteroatoms. The summed E-state index contributed by atoms with van der Waals surface area (Å²) in [5, 5.41) is 7.02. The standard InChI is InChI=1S/C24H40N4O2S.HI/c1-3-25-24(27-23-13-15-28(16-14-23)17-18-31(2,29)30)26-19-20-9-11-22(12-10-20)21-7-5-4-6-8-21;/h4-8,20,22-23H,3,9-19H2,1-2H3,(H2,25,26,27);1H. The molecule has 0 atom stereocenters. The van der Waals surface area contributed by atoms with E-state index in [1.165, 1.54) is 37.5 Å². The van der Waals surface area contributed by atoms with Crippen LogP contribution in [0.3, 0.4) is 0 Å². The maximum absolute atomic E-state index is 11.4. The predicted molar refractivity (Wildman–Crippen MR) is 145 cm³/mol. The Hall–Kier alpha value is -0.870. The van der Waals surface area contributed by atoms with Gasteiger partial charge in [-0.3, -0.25) is 4.99 Å². The summed E-state index contributed by atoms with van der Waals surface area (Å²) < 4.78 is 22.8. The number of hydrogen-bond donors (Lipinski definition) is 2. The molecule has 0 bridgehead atoms. The number of guanidine groups is 1. The molecule has 1 aromatic rings. The van der Waals surface area contributed by atoms with Crippen LogP contribution in [-0.4, -0.2) is 70.1 Å². The average molecular weight is 577 g/mol. The van der Waals surface area contributed by atoms with Gasteiger partial charge in [-0.25, -0.2) is 8.42 Å². The van der Waals surface area contributed by atoms with Crippen LogP contribution in [-0.2, 0) is 9.84 Å². The van der Waals surface area contributed by atoms with Crippen LogP contribution in [0, 0.1) is 5.92 Å². The summed E-state index contributed by atoms with van der Waals surface area (Å²) in [7, 11) is -2.89. The number of sulfone groups is 1. The lowest BCUT2D eigenvalue weighted by Gasteiger charge is -2.33. The quantitative estimate of drug-likeness (QED) is 0.281. The lowest BCUT2D eigenvalue weighted by Crippen LogP contribution is -2.49. The molecule has 1 heterocycles. The Morgan fingerprint density at radius 1 is 1.06 bits per heavy atom. The Kier molecular flexibility index (Phi) is 11.8. The van der Waals surface area contributed by atoms with E-state index >= 15 is 0 Å². The lowest BCUT2D eigenvalue weighted by molar-refractivity contribution is 0.216. The van der Waals surface area contributed by atoms with Crippen molar-refractivity contribution < 1.29 is 8.42 Å². The highest BCUT2D eigenvalue weighted by Gasteiger charge is 2.23. The molecular weight excluding hydrogens is 535 g/mol. The van der Waals surface area contributed by atoms with Gasteiger partial charge in [-0.1, -0.05) is 30.3 Å². The largest absolute Gasteiger partial charge is 0.357 e. The number of halogens is 1. The Labute approximate surface area is 212 Å². The fraction of sp³-hybridized carbons (Fsp3) is 0.708. The molecule has 0 amide bonds. The Morgan fingerprint density at radius 2 is 1.72 bits per heavy atom. The average Bonchev–Trinajstić information content (AvgIpc) is 2.77. The Balaban J connectivity index is 0.00000363. The molecule has 3 rings (SSSR count). The van der Waals surface area contributed by atoms with Crippen molar-refractivity contribution >= 4 is 39.8 Å². The number of rotatable bonds is 8. The highest BCUT2D eigenvalue weighted by atomic mass is 127. The number of benzene rings is 1. The Morgan fingerprint density at radius 3 is 2.31 bits per heavy atom. The van der Waals surface area contributed by atoms with Crippen LogP contribution in [0.15, 0.2) is 35.3 Å². The number of nitrogens with one attached hydrogen (secondary N) is 2. The molecular formula is C24H41IN4O2S. The third kappa shape index (κ3) is 9.55. The highest BCUT2D eigenvalue weighted by molar-refractivity contribution is 14.0. The molecule has 0 aromatic heterocycles. The zero-order valence-corrected chi connectivity index (χ0v) is 22.8. The fourth-order valence-electron chi connectivity index (χ4n) is 4.73. The molecule has 0 unspecified atom stereocenters. The maximum Gasteiger partial charge on any atom is 0.191 e. The zero-order valence-electron chi connectivity index (χ0n) is 19.6. The topological polar surface area (TPSA) is 73.8 Å². The number of nitrogens with zero attached hydrogens (tertiary/aromatic N) is 2. The van der Waals surface area contributed by atoms with Gasteiger partial charge in [-0.05, 0) is 62.8 Å². The summed E-state index contributed by atoms with van der Waals surface area (Å²) in [4.78, 5) is 7.18. The molecule has 1 aromatic carbocycles. The second-order valence-corrected chi connectivity index (χ2v) is 11.5. The number of piperidine rings is 1. The van der Waals surface area contributed by atoms with E-state index in [0.717, 1.165) is 45.0 Å². The van der Waals surface area contributed by atoms with Gasteiger partial charge in [0.1, 0.15) is 9.84 Å². The number of aliphatic imine (C=N–C) groups is 1. The molecule has 0 spiro atoms. The maximum atomic E-state index is 11.4. The fourth-order valence-corrected chi connectivity index (χ4v) is 5.32. The number of likely N-dealkylation sites (tertiary alicyclic amines) is 1. The van der Waals surface area contributed by atoms with Crippen molar-refractivity contribution in [2.75, 3.05) is 44.7 Å². The highest BCUT2D eigenvalue weighted by Crippen LogP contribution is 2.35. The van der Waals surface area contributed by atoms with Crippen LogP contribution in [0.1, 0.15) is 56.9 Å². The van der Waals surface area contributed by atoms with E-state index in [1.54, 1.807) is 0 Å². The van der Waals surface area contributed by atoms with Crippen molar-refractivity contribution in [3.05, 3.63) is 35.9 Å². The van der Waals surface area contributed by atoms with E-state index in [-0.39, 0.29) is 29.7 Å². The van der Waals surface area contributed by atoms with Crippen molar-refractivity contribution in [1.29, 1.82) is 0 Å². The zero-order chi connectivity index (χ0) is 22.1. The first-order chi connectivity index (χ1) is 14.9. The summed E-state index contributed by atoms with van der Waals surface area (Å²) in [6, 6.07) is 11.3. The molecule has 182 valence electrons. The smallest absolute Gasteiger partial charge is 0.191 e. The summed E-state index contributed by atoms with van der Waals surface area (Å²) in [6.07, 6.45) is 8.39. The van der Waals surface area contributed by atoms with Gasteiger partial charge in [0.05, 0.1) is 5.75 Å². The van der Waals surface area contributed by atoms with E-state index in [2.05, 4.69) is 52.8 Å². The molecule has 1 aliphatic carbocycles. The van der Waals surface area contributed by atoms with Gasteiger partial charge < -0.3 is 15.5 Å². The van der Waals surface area contributed by atoms with Gasteiger partial charge in [0.2, 0.25) is 0 Å². The third-order valence-electron chi connectivity index (χ3n) is 6.68. The van der Waals surface area contributed by atoms with Gasteiger partial charge in [-0.2, -0.15) is 0 Å². The Bertz CT molecular complexity index is 787. The summed E-state index contributed by atoms with van der Waals surface area (Å²) >= 11 is 0. The van der Waals surface area contributed by atoms with Gasteiger partial charge in [0.15, 0.2) is 5.96 Å². The van der Waals surface area contributed by atoms with Crippen LogP contribution in [0.5, 0.6) is 0 Å². The van der Waals surface area contributed by atoms with Crippen LogP contribution < -0.4 is 10.6 Å². The second-order valence-electron chi connectivity index (χ2n) is 9.24. The molecule has 1 aliphatic heterocycles. The normalized spacial score (nSPS) is 23.4. The summed E-state index contributed by atoms with van der Waals surface area (Å²) in [6.45, 7) is 6.39. The SMILES string of the molecule is CCNC(=NCC1CCC(c2ccccc2)CC1)NC1CCN(CCS(C)(=O)=O)CC1.I. The van der Waals surface area contributed by atoms with E-state index < -0.39 is 9.84 Å². The van der Waals surface area contributed by atoms with Gasteiger partial charge >= 0.3 is 0 Å². The molecule has 1 saturated heterocycles.